The van der Waals surface area contributed by atoms with Crippen LogP contribution in [0.4, 0.5) is 0 Å². The quantitative estimate of drug-likeness (QED) is 0.471. The molecular formula is C24H28O3. The Labute approximate surface area is 162 Å². The highest BCUT2D eigenvalue weighted by Gasteiger charge is 2.08. The van der Waals surface area contributed by atoms with Gasteiger partial charge in [-0.3, -0.25) is 4.79 Å². The zero-order valence-electron chi connectivity index (χ0n) is 16.2. The number of ketones is 1. The number of rotatable bonds is 10. The summed E-state index contributed by atoms with van der Waals surface area (Å²) in [6.45, 7) is 5.31. The third kappa shape index (κ3) is 7.33. The van der Waals surface area contributed by atoms with Gasteiger partial charge in [-0.25, -0.2) is 0 Å². The molecule has 0 amide bonds. The number of aliphatic hydroxyl groups is 1. The van der Waals surface area contributed by atoms with Crippen LogP contribution in [-0.4, -0.2) is 24.1 Å². The highest BCUT2D eigenvalue weighted by Crippen LogP contribution is 2.12. The van der Waals surface area contributed by atoms with Crippen LogP contribution in [0.15, 0.2) is 77.9 Å². The van der Waals surface area contributed by atoms with E-state index in [0.29, 0.717) is 24.3 Å². The summed E-state index contributed by atoms with van der Waals surface area (Å²) in [4.78, 5) is 12.4. The number of benzene rings is 2. The van der Waals surface area contributed by atoms with E-state index in [0.717, 1.165) is 18.4 Å². The van der Waals surface area contributed by atoms with Crippen LogP contribution >= 0.6 is 0 Å². The summed E-state index contributed by atoms with van der Waals surface area (Å²) in [6.07, 6.45) is 5.92. The van der Waals surface area contributed by atoms with Crippen molar-refractivity contribution in [1.29, 1.82) is 0 Å². The molecule has 3 heteroatoms. The van der Waals surface area contributed by atoms with E-state index in [-0.39, 0.29) is 12.4 Å². The first-order valence-corrected chi connectivity index (χ1v) is 9.28. The molecule has 2 rings (SSSR count). The maximum Gasteiger partial charge on any atom is 0.193 e. The first-order valence-electron chi connectivity index (χ1n) is 9.28. The van der Waals surface area contributed by atoms with E-state index in [4.69, 9.17) is 9.84 Å². The summed E-state index contributed by atoms with van der Waals surface area (Å²) in [5, 5.41) is 8.84. The molecule has 0 unspecified atom stereocenters. The average Bonchev–Trinajstić information content (AvgIpc) is 2.69. The summed E-state index contributed by atoms with van der Waals surface area (Å²) in [6, 6.07) is 16.9. The lowest BCUT2D eigenvalue weighted by molar-refractivity contribution is 0.103. The zero-order chi connectivity index (χ0) is 19.5. The fourth-order valence-corrected chi connectivity index (χ4v) is 2.70. The van der Waals surface area contributed by atoms with Gasteiger partial charge in [0.15, 0.2) is 5.78 Å². The minimum absolute atomic E-state index is 0.0346. The van der Waals surface area contributed by atoms with Gasteiger partial charge in [0, 0.05) is 11.1 Å². The largest absolute Gasteiger partial charge is 0.392 e. The Morgan fingerprint density at radius 2 is 1.59 bits per heavy atom. The normalized spacial score (nSPS) is 12.3. The maximum absolute atomic E-state index is 12.4. The summed E-state index contributed by atoms with van der Waals surface area (Å²) in [7, 11) is 0. The highest BCUT2D eigenvalue weighted by atomic mass is 16.5. The van der Waals surface area contributed by atoms with Crippen molar-refractivity contribution in [3.05, 3.63) is 94.6 Å². The van der Waals surface area contributed by atoms with E-state index in [1.807, 2.05) is 67.6 Å². The van der Waals surface area contributed by atoms with Gasteiger partial charge in [0.2, 0.25) is 0 Å². The Kier molecular flexibility index (Phi) is 8.69. The number of hydrogen-bond acceptors (Lipinski definition) is 3. The van der Waals surface area contributed by atoms with E-state index in [1.165, 1.54) is 11.1 Å². The fraction of sp³-hybridized carbons (Fsp3) is 0.292. The smallest absolute Gasteiger partial charge is 0.193 e. The summed E-state index contributed by atoms with van der Waals surface area (Å²) < 4.78 is 5.76. The van der Waals surface area contributed by atoms with Gasteiger partial charge in [0.1, 0.15) is 0 Å². The second-order valence-corrected chi connectivity index (χ2v) is 6.71. The number of carbonyl (C=O) groups excluding carboxylic acids is 1. The van der Waals surface area contributed by atoms with Gasteiger partial charge in [0.25, 0.3) is 0 Å². The van der Waals surface area contributed by atoms with Crippen molar-refractivity contribution in [3.8, 4) is 0 Å². The number of allylic oxidation sites excluding steroid dienone is 2. The van der Waals surface area contributed by atoms with Gasteiger partial charge < -0.3 is 9.84 Å². The molecule has 27 heavy (non-hydrogen) atoms. The van der Waals surface area contributed by atoms with Crippen molar-refractivity contribution >= 4 is 5.78 Å². The van der Waals surface area contributed by atoms with E-state index >= 15 is 0 Å². The predicted octanol–water partition coefficient (Wildman–Crippen LogP) is 5.10. The molecule has 0 spiro atoms. The minimum Gasteiger partial charge on any atom is -0.392 e. The second kappa shape index (κ2) is 11.3. The molecule has 0 aliphatic rings. The zero-order valence-corrected chi connectivity index (χ0v) is 16.2. The van der Waals surface area contributed by atoms with Gasteiger partial charge in [-0.2, -0.15) is 0 Å². The molecule has 142 valence electrons. The monoisotopic (exact) mass is 364 g/mol. The van der Waals surface area contributed by atoms with Crippen molar-refractivity contribution in [2.24, 2.45) is 0 Å². The Bertz CT molecular complexity index is 771. The lowest BCUT2D eigenvalue weighted by atomic mass is 10.0. The lowest BCUT2D eigenvalue weighted by Crippen LogP contribution is -2.02. The minimum atomic E-state index is 0.0346. The Balaban J connectivity index is 1.78. The molecule has 3 nitrogen and oxygen atoms in total. The van der Waals surface area contributed by atoms with Crippen LogP contribution < -0.4 is 0 Å². The number of carbonyl (C=O) groups is 1. The SMILES string of the molecule is C/C(=C\CO)CC/C=C(\C)COCc1ccc(C(=O)c2ccccc2)cc1. The number of aliphatic hydroxyl groups excluding tert-OH is 1. The average molecular weight is 364 g/mol. The lowest BCUT2D eigenvalue weighted by Gasteiger charge is -2.07. The van der Waals surface area contributed by atoms with Crippen LogP contribution in [0.25, 0.3) is 0 Å². The molecule has 0 saturated carbocycles. The summed E-state index contributed by atoms with van der Waals surface area (Å²) in [5.74, 6) is 0.0346. The second-order valence-electron chi connectivity index (χ2n) is 6.71. The van der Waals surface area contributed by atoms with Crippen LogP contribution in [0.5, 0.6) is 0 Å². The maximum atomic E-state index is 12.4. The van der Waals surface area contributed by atoms with Crippen LogP contribution in [0.1, 0.15) is 48.2 Å². The Morgan fingerprint density at radius 1 is 0.926 bits per heavy atom. The molecule has 0 aliphatic heterocycles. The molecule has 2 aromatic carbocycles. The third-order valence-corrected chi connectivity index (χ3v) is 4.32. The molecule has 0 fully saturated rings. The molecule has 0 bridgehead atoms. The Hall–Kier alpha value is -2.49. The Morgan fingerprint density at radius 3 is 2.26 bits per heavy atom. The fourth-order valence-electron chi connectivity index (χ4n) is 2.70. The van der Waals surface area contributed by atoms with Gasteiger partial charge in [0.05, 0.1) is 19.8 Å². The van der Waals surface area contributed by atoms with Crippen LogP contribution in [0.2, 0.25) is 0 Å². The molecule has 0 aliphatic carbocycles. The summed E-state index contributed by atoms with van der Waals surface area (Å²) in [5.41, 5.74) is 4.84. The first-order chi connectivity index (χ1) is 13.1. The van der Waals surface area contributed by atoms with Crippen LogP contribution in [0, 0.1) is 0 Å². The van der Waals surface area contributed by atoms with Crippen molar-refractivity contribution in [2.75, 3.05) is 13.2 Å². The molecule has 0 radical (unpaired) electrons. The third-order valence-electron chi connectivity index (χ3n) is 4.32. The van der Waals surface area contributed by atoms with E-state index in [9.17, 15) is 4.79 Å². The van der Waals surface area contributed by atoms with Crippen molar-refractivity contribution in [3.63, 3.8) is 0 Å². The molecular weight excluding hydrogens is 336 g/mol. The van der Waals surface area contributed by atoms with Crippen LogP contribution in [0.3, 0.4) is 0 Å². The van der Waals surface area contributed by atoms with Gasteiger partial charge in [-0.15, -0.1) is 0 Å². The molecule has 0 saturated heterocycles. The molecule has 2 aromatic rings. The molecule has 0 aromatic heterocycles. The topological polar surface area (TPSA) is 46.5 Å². The van der Waals surface area contributed by atoms with Crippen LogP contribution in [-0.2, 0) is 11.3 Å². The van der Waals surface area contributed by atoms with Crippen molar-refractivity contribution < 1.29 is 14.6 Å². The number of ether oxygens (including phenoxy) is 1. The number of hydrogen-bond donors (Lipinski definition) is 1. The highest BCUT2D eigenvalue weighted by molar-refractivity contribution is 6.08. The first kappa shape index (κ1) is 20.8. The summed E-state index contributed by atoms with van der Waals surface area (Å²) >= 11 is 0. The van der Waals surface area contributed by atoms with Crippen molar-refractivity contribution in [2.45, 2.75) is 33.3 Å². The van der Waals surface area contributed by atoms with Gasteiger partial charge in [-0.1, -0.05) is 77.9 Å². The van der Waals surface area contributed by atoms with E-state index < -0.39 is 0 Å². The van der Waals surface area contributed by atoms with Gasteiger partial charge in [-0.05, 0) is 32.3 Å². The van der Waals surface area contributed by atoms with Gasteiger partial charge >= 0.3 is 0 Å². The van der Waals surface area contributed by atoms with Crippen molar-refractivity contribution in [1.82, 2.24) is 0 Å². The molecule has 0 heterocycles. The van der Waals surface area contributed by atoms with E-state index in [1.54, 1.807) is 0 Å². The predicted molar refractivity (Wildman–Crippen MR) is 110 cm³/mol. The van der Waals surface area contributed by atoms with E-state index in [2.05, 4.69) is 13.0 Å². The standard InChI is InChI=1S/C24H28O3/c1-19(15-16-25)7-6-8-20(2)17-27-18-21-11-13-23(14-12-21)24(26)22-9-4-3-5-10-22/h3-5,8-15,25H,6-7,16-18H2,1-2H3/b19-15+,20-8+. The molecule has 0 atom stereocenters. The molecule has 1 N–H and O–H groups in total.